The Morgan fingerprint density at radius 3 is 2.55 bits per heavy atom. The minimum Gasteiger partial charge on any atom is -0.490 e. The summed E-state index contributed by atoms with van der Waals surface area (Å²) in [5, 5.41) is 7.49. The van der Waals surface area contributed by atoms with E-state index in [4.69, 9.17) is 4.74 Å². The Hall–Kier alpha value is -2.25. The number of hydrogen-bond acceptors (Lipinski definition) is 4. The van der Waals surface area contributed by atoms with Crippen LogP contribution < -0.4 is 20.1 Å². The molecule has 0 spiro atoms. The van der Waals surface area contributed by atoms with Gasteiger partial charge in [-0.1, -0.05) is 30.3 Å². The number of alkyl halides is 3. The monoisotopic (exact) mass is 432 g/mol. The van der Waals surface area contributed by atoms with Gasteiger partial charge >= 0.3 is 6.36 Å². The molecule has 31 heavy (non-hydrogen) atoms. The highest BCUT2D eigenvalue weighted by molar-refractivity contribution is 5.41. The summed E-state index contributed by atoms with van der Waals surface area (Å²) < 4.78 is 48.3. The van der Waals surface area contributed by atoms with Crippen molar-refractivity contribution < 1.29 is 22.6 Å². The fourth-order valence-corrected chi connectivity index (χ4v) is 5.06. The molecule has 1 saturated carbocycles. The van der Waals surface area contributed by atoms with Gasteiger partial charge in [0.1, 0.15) is 11.5 Å². The Morgan fingerprint density at radius 1 is 1.00 bits per heavy atom. The maximum Gasteiger partial charge on any atom is 0.573 e. The van der Waals surface area contributed by atoms with E-state index in [-0.39, 0.29) is 23.4 Å². The summed E-state index contributed by atoms with van der Waals surface area (Å²) in [6.07, 6.45) is 1.71. The molecule has 7 heteroatoms. The minimum atomic E-state index is -4.72. The van der Waals surface area contributed by atoms with Crippen LogP contribution in [-0.2, 0) is 12.1 Å². The van der Waals surface area contributed by atoms with Crippen molar-refractivity contribution >= 4 is 0 Å². The number of benzene rings is 2. The molecule has 2 aromatic carbocycles. The Morgan fingerprint density at radius 2 is 1.81 bits per heavy atom. The van der Waals surface area contributed by atoms with E-state index in [1.165, 1.54) is 17.7 Å². The zero-order chi connectivity index (χ0) is 21.5. The molecule has 3 atom stereocenters. The molecule has 1 aliphatic carbocycles. The number of fused-ring (bicyclic) bond motifs is 2. The van der Waals surface area contributed by atoms with Crippen molar-refractivity contribution in [2.75, 3.05) is 0 Å². The SMILES string of the molecule is FC(F)(F)Oc1ccc(OC2CC2)c(CNC2CCC3CCC2(c2ccccc2)N3)c1. The standard InChI is InChI=1S/C24H27F3N2O2/c25-24(26,27)31-20-9-10-21(30-19-7-8-19)16(14-20)15-28-22-11-6-18-12-13-23(22,29-18)17-4-2-1-3-5-17/h1-5,9-10,14,18-19,22,28-29H,6-8,11-13,15H2. The van der Waals surface area contributed by atoms with Gasteiger partial charge in [-0.3, -0.25) is 0 Å². The molecule has 3 fully saturated rings. The summed E-state index contributed by atoms with van der Waals surface area (Å²) in [4.78, 5) is 0. The van der Waals surface area contributed by atoms with E-state index in [9.17, 15) is 13.2 Å². The lowest BCUT2D eigenvalue weighted by Gasteiger charge is -2.43. The molecule has 2 aromatic rings. The van der Waals surface area contributed by atoms with E-state index in [1.807, 2.05) is 6.07 Å². The van der Waals surface area contributed by atoms with Crippen molar-refractivity contribution in [3.8, 4) is 11.5 Å². The smallest absolute Gasteiger partial charge is 0.490 e. The molecular weight excluding hydrogens is 405 g/mol. The predicted octanol–water partition coefficient (Wildman–Crippen LogP) is 5.03. The molecule has 166 valence electrons. The van der Waals surface area contributed by atoms with Crippen molar-refractivity contribution in [2.45, 2.75) is 75.2 Å². The second-order valence-electron chi connectivity index (χ2n) is 8.86. The van der Waals surface area contributed by atoms with Crippen LogP contribution in [0.5, 0.6) is 11.5 Å². The third-order valence-corrected chi connectivity index (χ3v) is 6.66. The highest BCUT2D eigenvalue weighted by Crippen LogP contribution is 2.43. The molecule has 3 aliphatic rings. The quantitative estimate of drug-likeness (QED) is 0.644. The summed E-state index contributed by atoms with van der Waals surface area (Å²) in [5.41, 5.74) is 1.80. The van der Waals surface area contributed by atoms with Crippen molar-refractivity contribution in [1.29, 1.82) is 0 Å². The average Bonchev–Trinajstić information content (AvgIpc) is 3.50. The molecule has 0 amide bonds. The Labute approximate surface area is 180 Å². The first-order chi connectivity index (χ1) is 14.9. The Kier molecular flexibility index (Phi) is 5.34. The minimum absolute atomic E-state index is 0.151. The van der Waals surface area contributed by atoms with Crippen molar-refractivity contribution in [1.82, 2.24) is 10.6 Å². The summed E-state index contributed by atoms with van der Waals surface area (Å²) in [5.74, 6) is 0.416. The van der Waals surface area contributed by atoms with Crippen LogP contribution in [-0.4, -0.2) is 24.6 Å². The first kappa shape index (κ1) is 20.6. The number of hydrogen-bond donors (Lipinski definition) is 2. The van der Waals surface area contributed by atoms with Gasteiger partial charge in [-0.25, -0.2) is 0 Å². The van der Waals surface area contributed by atoms with Gasteiger partial charge in [0.15, 0.2) is 0 Å². The lowest BCUT2D eigenvalue weighted by Crippen LogP contribution is -2.58. The number of ether oxygens (including phenoxy) is 2. The first-order valence-electron chi connectivity index (χ1n) is 11.0. The molecule has 2 heterocycles. The highest BCUT2D eigenvalue weighted by atomic mass is 19.4. The van der Waals surface area contributed by atoms with Gasteiger partial charge in [0.2, 0.25) is 0 Å². The molecule has 0 aromatic heterocycles. The third kappa shape index (κ3) is 4.53. The Bertz CT molecular complexity index is 917. The molecule has 3 unspecified atom stereocenters. The molecule has 2 N–H and O–H groups in total. The lowest BCUT2D eigenvalue weighted by atomic mass is 9.79. The van der Waals surface area contributed by atoms with E-state index in [1.54, 1.807) is 6.07 Å². The van der Waals surface area contributed by atoms with Gasteiger partial charge < -0.3 is 20.1 Å². The van der Waals surface area contributed by atoms with Crippen LogP contribution in [0, 0.1) is 0 Å². The van der Waals surface area contributed by atoms with Gasteiger partial charge in [0.25, 0.3) is 0 Å². The van der Waals surface area contributed by atoms with Gasteiger partial charge in [-0.2, -0.15) is 0 Å². The summed E-state index contributed by atoms with van der Waals surface area (Å²) in [6.45, 7) is 0.419. The maximum absolute atomic E-state index is 12.7. The van der Waals surface area contributed by atoms with Crippen LogP contribution in [0.4, 0.5) is 13.2 Å². The van der Waals surface area contributed by atoms with Crippen molar-refractivity contribution in [3.05, 3.63) is 59.7 Å². The highest BCUT2D eigenvalue weighted by Gasteiger charge is 2.49. The van der Waals surface area contributed by atoms with Crippen molar-refractivity contribution in [3.63, 3.8) is 0 Å². The summed E-state index contributed by atoms with van der Waals surface area (Å²) in [7, 11) is 0. The molecule has 0 radical (unpaired) electrons. The molecule has 5 rings (SSSR count). The maximum atomic E-state index is 12.7. The predicted molar refractivity (Wildman–Crippen MR) is 111 cm³/mol. The zero-order valence-electron chi connectivity index (χ0n) is 17.3. The number of rotatable bonds is 7. The largest absolute Gasteiger partial charge is 0.573 e. The van der Waals surface area contributed by atoms with Crippen LogP contribution in [0.25, 0.3) is 0 Å². The van der Waals surface area contributed by atoms with E-state index in [2.05, 4.69) is 39.6 Å². The van der Waals surface area contributed by atoms with Gasteiger partial charge in [0, 0.05) is 24.2 Å². The molecule has 2 bridgehead atoms. The van der Waals surface area contributed by atoms with E-state index in [0.29, 0.717) is 23.9 Å². The third-order valence-electron chi connectivity index (χ3n) is 6.66. The zero-order valence-corrected chi connectivity index (χ0v) is 17.3. The van der Waals surface area contributed by atoms with E-state index in [0.717, 1.165) is 38.5 Å². The van der Waals surface area contributed by atoms with Gasteiger partial charge in [0.05, 0.1) is 11.6 Å². The number of halogens is 3. The van der Waals surface area contributed by atoms with E-state index < -0.39 is 6.36 Å². The first-order valence-corrected chi connectivity index (χ1v) is 11.0. The fraction of sp³-hybridized carbons (Fsp3) is 0.500. The second-order valence-corrected chi connectivity index (χ2v) is 8.86. The molecule has 2 aliphatic heterocycles. The van der Waals surface area contributed by atoms with Crippen LogP contribution in [0.2, 0.25) is 0 Å². The average molecular weight is 432 g/mol. The van der Waals surface area contributed by atoms with Crippen molar-refractivity contribution in [2.24, 2.45) is 0 Å². The van der Waals surface area contributed by atoms with Crippen LogP contribution in [0.3, 0.4) is 0 Å². The fourth-order valence-electron chi connectivity index (χ4n) is 5.06. The normalized spacial score (nSPS) is 27.8. The molecule has 4 nitrogen and oxygen atoms in total. The lowest BCUT2D eigenvalue weighted by molar-refractivity contribution is -0.274. The summed E-state index contributed by atoms with van der Waals surface area (Å²) in [6, 6.07) is 15.5. The Balaban J connectivity index is 1.38. The van der Waals surface area contributed by atoms with Crippen LogP contribution >= 0.6 is 0 Å². The number of nitrogens with one attached hydrogen (secondary N) is 2. The molecule has 2 saturated heterocycles. The van der Waals surface area contributed by atoms with E-state index >= 15 is 0 Å². The second kappa shape index (κ2) is 8.02. The topological polar surface area (TPSA) is 42.5 Å². The van der Waals surface area contributed by atoms with Gasteiger partial charge in [-0.05, 0) is 62.3 Å². The van der Waals surface area contributed by atoms with Crippen LogP contribution in [0.1, 0.15) is 49.7 Å². The molecular formula is C24H27F3N2O2. The number of piperidine rings is 1. The van der Waals surface area contributed by atoms with Gasteiger partial charge in [-0.15, -0.1) is 13.2 Å². The summed E-state index contributed by atoms with van der Waals surface area (Å²) >= 11 is 0. The van der Waals surface area contributed by atoms with Crippen LogP contribution in [0.15, 0.2) is 48.5 Å².